The van der Waals surface area contributed by atoms with E-state index in [0.717, 1.165) is 11.1 Å². The van der Waals surface area contributed by atoms with Gasteiger partial charge in [0.2, 0.25) is 5.95 Å². The molecule has 1 aliphatic heterocycles. The van der Waals surface area contributed by atoms with Crippen LogP contribution in [0.25, 0.3) is 0 Å². The Balaban J connectivity index is 1.58. The largest absolute Gasteiger partial charge is 0.447 e. The SMILES string of the molecule is C[C@H](Nc1nccc(N2C(=O)OC[C@@H]2c2cccnc2)n1)c1ccccc1. The number of carbonyl (C=O) groups excluding carboxylic acids is 1. The minimum atomic E-state index is -0.426. The first-order chi connectivity index (χ1) is 13.2. The van der Waals surface area contributed by atoms with Crippen LogP contribution in [0.15, 0.2) is 67.1 Å². The predicted octanol–water partition coefficient (Wildman–Crippen LogP) is 3.74. The summed E-state index contributed by atoms with van der Waals surface area (Å²) in [6.07, 6.45) is 4.64. The van der Waals surface area contributed by atoms with Gasteiger partial charge in [-0.15, -0.1) is 0 Å². The van der Waals surface area contributed by atoms with Crippen molar-refractivity contribution in [2.75, 3.05) is 16.8 Å². The van der Waals surface area contributed by atoms with Gasteiger partial charge >= 0.3 is 6.09 Å². The zero-order chi connectivity index (χ0) is 18.6. The average Bonchev–Trinajstić information content (AvgIpc) is 3.11. The van der Waals surface area contributed by atoms with Crippen molar-refractivity contribution in [1.82, 2.24) is 15.0 Å². The molecule has 1 aromatic carbocycles. The molecule has 0 bridgehead atoms. The first kappa shape index (κ1) is 17.0. The van der Waals surface area contributed by atoms with E-state index >= 15 is 0 Å². The second-order valence-corrected chi connectivity index (χ2v) is 6.26. The Hall–Kier alpha value is -3.48. The number of anilines is 2. The quantitative estimate of drug-likeness (QED) is 0.746. The molecular weight excluding hydrogens is 342 g/mol. The molecule has 0 saturated carbocycles. The highest BCUT2D eigenvalue weighted by Gasteiger charge is 2.36. The zero-order valence-corrected chi connectivity index (χ0v) is 14.8. The Morgan fingerprint density at radius 1 is 1.15 bits per heavy atom. The number of nitrogens with zero attached hydrogens (tertiary/aromatic N) is 4. The van der Waals surface area contributed by atoms with E-state index in [2.05, 4.69) is 20.3 Å². The molecule has 2 atom stereocenters. The Bertz CT molecular complexity index is 920. The average molecular weight is 361 g/mol. The van der Waals surface area contributed by atoms with Gasteiger partial charge in [-0.1, -0.05) is 36.4 Å². The number of aromatic nitrogens is 3. The molecule has 7 heteroatoms. The van der Waals surface area contributed by atoms with Crippen LogP contribution < -0.4 is 10.2 Å². The van der Waals surface area contributed by atoms with Crippen LogP contribution in [0.4, 0.5) is 16.6 Å². The van der Waals surface area contributed by atoms with Crippen molar-refractivity contribution in [3.05, 3.63) is 78.2 Å². The van der Waals surface area contributed by atoms with Gasteiger partial charge in [0.25, 0.3) is 0 Å². The minimum absolute atomic E-state index is 0.0288. The number of rotatable bonds is 5. The maximum Gasteiger partial charge on any atom is 0.416 e. The molecule has 3 aromatic rings. The summed E-state index contributed by atoms with van der Waals surface area (Å²) in [5.41, 5.74) is 2.02. The number of nitrogens with one attached hydrogen (secondary N) is 1. The van der Waals surface area contributed by atoms with Crippen LogP contribution in [0.3, 0.4) is 0 Å². The Morgan fingerprint density at radius 3 is 2.78 bits per heavy atom. The summed E-state index contributed by atoms with van der Waals surface area (Å²) in [5, 5.41) is 3.28. The van der Waals surface area contributed by atoms with E-state index in [-0.39, 0.29) is 18.7 Å². The van der Waals surface area contributed by atoms with Gasteiger partial charge in [0.05, 0.1) is 6.04 Å². The van der Waals surface area contributed by atoms with Crippen molar-refractivity contribution in [3.8, 4) is 0 Å². The van der Waals surface area contributed by atoms with Crippen LogP contribution in [-0.4, -0.2) is 27.7 Å². The van der Waals surface area contributed by atoms with Crippen LogP contribution >= 0.6 is 0 Å². The fourth-order valence-electron chi connectivity index (χ4n) is 3.06. The molecule has 0 unspecified atom stereocenters. The van der Waals surface area contributed by atoms with E-state index < -0.39 is 6.09 Å². The topological polar surface area (TPSA) is 80.2 Å². The molecule has 2 aromatic heterocycles. The first-order valence-corrected chi connectivity index (χ1v) is 8.73. The van der Waals surface area contributed by atoms with Crippen LogP contribution in [0.5, 0.6) is 0 Å². The van der Waals surface area contributed by atoms with Crippen molar-refractivity contribution in [1.29, 1.82) is 0 Å². The maximum absolute atomic E-state index is 12.3. The van der Waals surface area contributed by atoms with E-state index in [4.69, 9.17) is 4.74 Å². The number of cyclic esters (lactones) is 1. The number of ether oxygens (including phenoxy) is 1. The molecule has 1 N–H and O–H groups in total. The lowest BCUT2D eigenvalue weighted by molar-refractivity contribution is 0.179. The second kappa shape index (κ2) is 7.41. The fraction of sp³-hybridized carbons (Fsp3) is 0.200. The molecule has 7 nitrogen and oxygen atoms in total. The van der Waals surface area contributed by atoms with Gasteiger partial charge in [0.1, 0.15) is 18.5 Å². The van der Waals surface area contributed by atoms with Crippen molar-refractivity contribution >= 4 is 17.9 Å². The summed E-state index contributed by atoms with van der Waals surface area (Å²) in [6.45, 7) is 2.30. The Morgan fingerprint density at radius 2 is 2.00 bits per heavy atom. The standard InChI is InChI=1S/C20H19N5O2/c1-14(15-6-3-2-4-7-15)23-19-22-11-9-18(24-19)25-17(13-27-20(25)26)16-8-5-10-21-12-16/h2-12,14,17H,13H2,1H3,(H,22,23,24)/t14-,17+/m0/s1. The summed E-state index contributed by atoms with van der Waals surface area (Å²) < 4.78 is 5.26. The van der Waals surface area contributed by atoms with Crippen molar-refractivity contribution in [3.63, 3.8) is 0 Å². The molecular formula is C20H19N5O2. The minimum Gasteiger partial charge on any atom is -0.447 e. The number of hydrogen-bond acceptors (Lipinski definition) is 6. The molecule has 3 heterocycles. The summed E-state index contributed by atoms with van der Waals surface area (Å²) in [6, 6.07) is 15.3. The number of carbonyl (C=O) groups is 1. The lowest BCUT2D eigenvalue weighted by atomic mass is 10.1. The van der Waals surface area contributed by atoms with Gasteiger partial charge in [-0.25, -0.2) is 9.78 Å². The lowest BCUT2D eigenvalue weighted by Gasteiger charge is -2.21. The number of benzene rings is 1. The van der Waals surface area contributed by atoms with Crippen molar-refractivity contribution < 1.29 is 9.53 Å². The van der Waals surface area contributed by atoms with Gasteiger partial charge in [0.15, 0.2) is 0 Å². The van der Waals surface area contributed by atoms with Crippen LogP contribution in [-0.2, 0) is 4.74 Å². The van der Waals surface area contributed by atoms with Gasteiger partial charge in [0, 0.05) is 18.6 Å². The molecule has 1 amide bonds. The maximum atomic E-state index is 12.3. The van der Waals surface area contributed by atoms with E-state index in [1.165, 1.54) is 4.90 Å². The Labute approximate surface area is 157 Å². The normalized spacial score (nSPS) is 17.4. The molecule has 27 heavy (non-hydrogen) atoms. The van der Waals surface area contributed by atoms with Gasteiger partial charge in [-0.05, 0) is 30.2 Å². The fourth-order valence-corrected chi connectivity index (χ4v) is 3.06. The van der Waals surface area contributed by atoms with E-state index in [1.807, 2.05) is 49.4 Å². The molecule has 0 radical (unpaired) electrons. The number of amides is 1. The first-order valence-electron chi connectivity index (χ1n) is 8.73. The summed E-state index contributed by atoms with van der Waals surface area (Å²) >= 11 is 0. The summed E-state index contributed by atoms with van der Waals surface area (Å²) in [7, 11) is 0. The number of hydrogen-bond donors (Lipinski definition) is 1. The van der Waals surface area contributed by atoms with Crippen LogP contribution in [0, 0.1) is 0 Å². The lowest BCUT2D eigenvalue weighted by Crippen LogP contribution is -2.28. The van der Waals surface area contributed by atoms with Gasteiger partial charge in [-0.2, -0.15) is 4.98 Å². The van der Waals surface area contributed by atoms with E-state index in [0.29, 0.717) is 11.8 Å². The second-order valence-electron chi connectivity index (χ2n) is 6.26. The van der Waals surface area contributed by atoms with Crippen molar-refractivity contribution in [2.45, 2.75) is 19.0 Å². The van der Waals surface area contributed by atoms with Crippen molar-refractivity contribution in [2.24, 2.45) is 0 Å². The summed E-state index contributed by atoms with van der Waals surface area (Å²) in [4.78, 5) is 26.8. The molecule has 4 rings (SSSR count). The molecule has 0 aliphatic carbocycles. The van der Waals surface area contributed by atoms with E-state index in [9.17, 15) is 4.79 Å². The third-order valence-electron chi connectivity index (χ3n) is 4.48. The highest BCUT2D eigenvalue weighted by molar-refractivity contribution is 5.89. The molecule has 0 spiro atoms. The summed E-state index contributed by atoms with van der Waals surface area (Å²) in [5.74, 6) is 0.942. The predicted molar refractivity (Wildman–Crippen MR) is 101 cm³/mol. The monoisotopic (exact) mass is 361 g/mol. The van der Waals surface area contributed by atoms with Gasteiger partial charge in [-0.3, -0.25) is 9.88 Å². The smallest absolute Gasteiger partial charge is 0.416 e. The van der Waals surface area contributed by atoms with Crippen LogP contribution in [0.2, 0.25) is 0 Å². The molecule has 1 saturated heterocycles. The highest BCUT2D eigenvalue weighted by atomic mass is 16.6. The highest BCUT2D eigenvalue weighted by Crippen LogP contribution is 2.32. The Kier molecular flexibility index (Phi) is 4.65. The zero-order valence-electron chi connectivity index (χ0n) is 14.8. The van der Waals surface area contributed by atoms with E-state index in [1.54, 1.807) is 24.7 Å². The third kappa shape index (κ3) is 3.57. The molecule has 136 valence electrons. The van der Waals surface area contributed by atoms with Gasteiger partial charge < -0.3 is 10.1 Å². The van der Waals surface area contributed by atoms with Crippen LogP contribution in [0.1, 0.15) is 30.1 Å². The molecule has 1 aliphatic rings. The number of pyridine rings is 1. The molecule has 1 fully saturated rings. The third-order valence-corrected chi connectivity index (χ3v) is 4.48.